The van der Waals surface area contributed by atoms with E-state index >= 15 is 0 Å². The first-order valence-corrected chi connectivity index (χ1v) is 4.15. The summed E-state index contributed by atoms with van der Waals surface area (Å²) in [6.07, 6.45) is 1.28. The van der Waals surface area contributed by atoms with Gasteiger partial charge in [0.2, 0.25) is 0 Å². The molecule has 0 aliphatic heterocycles. The summed E-state index contributed by atoms with van der Waals surface area (Å²) < 4.78 is 14.4. The van der Waals surface area contributed by atoms with Crippen molar-refractivity contribution >= 4 is 5.91 Å². The molecule has 0 fully saturated rings. The first-order chi connectivity index (χ1) is 7.18. The summed E-state index contributed by atoms with van der Waals surface area (Å²) in [4.78, 5) is 10.7. The number of amides is 1. The van der Waals surface area contributed by atoms with Crippen molar-refractivity contribution in [3.05, 3.63) is 42.0 Å². The van der Waals surface area contributed by atoms with Crippen LogP contribution >= 0.6 is 0 Å². The molecular weight excluding hydrogens is 199 g/mol. The van der Waals surface area contributed by atoms with Gasteiger partial charge in [-0.25, -0.2) is 9.07 Å². The van der Waals surface area contributed by atoms with Gasteiger partial charge in [-0.3, -0.25) is 4.79 Å². The number of nitrogens with zero attached hydrogens (tertiary/aromatic N) is 3. The van der Waals surface area contributed by atoms with Gasteiger partial charge < -0.3 is 5.73 Å². The Kier molecular flexibility index (Phi) is 2.17. The Hall–Kier alpha value is -2.24. The quantitative estimate of drug-likeness (QED) is 0.777. The minimum absolute atomic E-state index is 0.00162. The summed E-state index contributed by atoms with van der Waals surface area (Å²) in [7, 11) is 0. The Morgan fingerprint density at radius 3 is 2.73 bits per heavy atom. The van der Waals surface area contributed by atoms with Crippen LogP contribution < -0.4 is 5.73 Å². The summed E-state index contributed by atoms with van der Waals surface area (Å²) in [5.74, 6) is -1.14. The fourth-order valence-electron chi connectivity index (χ4n) is 1.13. The number of carbonyl (C=O) groups excluding carboxylic acids is 1. The van der Waals surface area contributed by atoms with Crippen LogP contribution in [-0.4, -0.2) is 20.9 Å². The zero-order valence-electron chi connectivity index (χ0n) is 7.59. The van der Waals surface area contributed by atoms with Crippen molar-refractivity contribution in [2.45, 2.75) is 0 Å². The smallest absolute Gasteiger partial charge is 0.270 e. The highest BCUT2D eigenvalue weighted by atomic mass is 19.1. The topological polar surface area (TPSA) is 73.8 Å². The SMILES string of the molecule is NC(=O)c1cn(-c2ccccc2F)nn1. The predicted molar refractivity (Wildman–Crippen MR) is 49.8 cm³/mol. The number of nitrogens with two attached hydrogens (primary N) is 1. The fourth-order valence-corrected chi connectivity index (χ4v) is 1.13. The molecule has 0 aliphatic carbocycles. The molecule has 6 heteroatoms. The second-order valence-corrected chi connectivity index (χ2v) is 2.86. The third kappa shape index (κ3) is 1.69. The zero-order chi connectivity index (χ0) is 10.8. The van der Waals surface area contributed by atoms with Crippen LogP contribution in [-0.2, 0) is 0 Å². The Labute approximate surface area is 84.3 Å². The highest BCUT2D eigenvalue weighted by Crippen LogP contribution is 2.10. The number of hydrogen-bond acceptors (Lipinski definition) is 3. The van der Waals surface area contributed by atoms with Gasteiger partial charge in [-0.15, -0.1) is 5.10 Å². The van der Waals surface area contributed by atoms with E-state index in [0.29, 0.717) is 0 Å². The van der Waals surface area contributed by atoms with Crippen molar-refractivity contribution < 1.29 is 9.18 Å². The zero-order valence-corrected chi connectivity index (χ0v) is 7.59. The molecule has 0 atom stereocenters. The van der Waals surface area contributed by atoms with E-state index in [-0.39, 0.29) is 11.4 Å². The molecule has 0 spiro atoms. The van der Waals surface area contributed by atoms with Gasteiger partial charge in [0.1, 0.15) is 11.5 Å². The van der Waals surface area contributed by atoms with Crippen molar-refractivity contribution in [2.75, 3.05) is 0 Å². The summed E-state index contributed by atoms with van der Waals surface area (Å²) in [6.45, 7) is 0. The minimum atomic E-state index is -0.697. The average molecular weight is 206 g/mol. The van der Waals surface area contributed by atoms with Gasteiger partial charge in [0.05, 0.1) is 6.20 Å². The Balaban J connectivity index is 2.46. The molecule has 0 saturated heterocycles. The lowest BCUT2D eigenvalue weighted by Gasteiger charge is -1.99. The van der Waals surface area contributed by atoms with Gasteiger partial charge in [0, 0.05) is 0 Å². The van der Waals surface area contributed by atoms with Crippen molar-refractivity contribution in [2.24, 2.45) is 5.73 Å². The van der Waals surface area contributed by atoms with Crippen molar-refractivity contribution in [3.63, 3.8) is 0 Å². The van der Waals surface area contributed by atoms with E-state index in [0.717, 1.165) is 4.68 Å². The van der Waals surface area contributed by atoms with Gasteiger partial charge >= 0.3 is 0 Å². The summed E-state index contributed by atoms with van der Waals surface area (Å²) in [5.41, 5.74) is 5.21. The highest BCUT2D eigenvalue weighted by molar-refractivity contribution is 5.90. The summed E-state index contributed by atoms with van der Waals surface area (Å²) >= 11 is 0. The maximum Gasteiger partial charge on any atom is 0.270 e. The number of aromatic nitrogens is 3. The monoisotopic (exact) mass is 206 g/mol. The Bertz CT molecular complexity index is 508. The van der Waals surface area contributed by atoms with Crippen molar-refractivity contribution in [3.8, 4) is 5.69 Å². The first kappa shape index (κ1) is 9.32. The van der Waals surface area contributed by atoms with Crippen LogP contribution in [0, 0.1) is 5.82 Å². The number of halogens is 1. The summed E-state index contributed by atoms with van der Waals surface area (Å²) in [5, 5.41) is 7.10. The molecule has 2 aromatic rings. The predicted octanol–water partition coefficient (Wildman–Crippen LogP) is 0.505. The van der Waals surface area contributed by atoms with E-state index in [2.05, 4.69) is 10.3 Å². The molecule has 2 rings (SSSR count). The molecule has 0 aliphatic rings. The standard InChI is InChI=1S/C9H7FN4O/c10-6-3-1-2-4-8(6)14-5-7(9(11)15)12-13-14/h1-5H,(H2,11,15). The molecule has 5 nitrogen and oxygen atoms in total. The lowest BCUT2D eigenvalue weighted by atomic mass is 10.3. The van der Waals surface area contributed by atoms with Gasteiger partial charge in [-0.2, -0.15) is 0 Å². The largest absolute Gasteiger partial charge is 0.364 e. The molecule has 0 saturated carbocycles. The number of para-hydroxylation sites is 1. The van der Waals surface area contributed by atoms with Crippen LogP contribution in [0.4, 0.5) is 4.39 Å². The van der Waals surface area contributed by atoms with E-state index in [1.807, 2.05) is 0 Å². The van der Waals surface area contributed by atoms with Gasteiger partial charge in [0.15, 0.2) is 5.69 Å². The maximum atomic E-state index is 13.3. The van der Waals surface area contributed by atoms with E-state index in [1.165, 1.54) is 18.3 Å². The average Bonchev–Trinajstić information content (AvgIpc) is 2.67. The second-order valence-electron chi connectivity index (χ2n) is 2.86. The maximum absolute atomic E-state index is 13.3. The van der Waals surface area contributed by atoms with Crippen LogP contribution in [0.5, 0.6) is 0 Å². The first-order valence-electron chi connectivity index (χ1n) is 4.15. The molecule has 15 heavy (non-hydrogen) atoms. The van der Waals surface area contributed by atoms with E-state index < -0.39 is 11.7 Å². The summed E-state index contributed by atoms with van der Waals surface area (Å²) in [6, 6.07) is 6.03. The fraction of sp³-hybridized carbons (Fsp3) is 0. The molecule has 0 bridgehead atoms. The lowest BCUT2D eigenvalue weighted by molar-refractivity contribution is 0.0995. The molecule has 0 unspecified atom stereocenters. The van der Waals surface area contributed by atoms with Crippen molar-refractivity contribution in [1.82, 2.24) is 15.0 Å². The van der Waals surface area contributed by atoms with E-state index in [9.17, 15) is 9.18 Å². The number of hydrogen-bond donors (Lipinski definition) is 1. The van der Waals surface area contributed by atoms with Crippen LogP contribution in [0.1, 0.15) is 10.5 Å². The minimum Gasteiger partial charge on any atom is -0.364 e. The molecule has 1 aromatic carbocycles. The van der Waals surface area contributed by atoms with E-state index in [4.69, 9.17) is 5.73 Å². The van der Waals surface area contributed by atoms with Crippen LogP contribution in [0.2, 0.25) is 0 Å². The normalized spacial score (nSPS) is 10.2. The lowest BCUT2D eigenvalue weighted by Crippen LogP contribution is -2.11. The molecule has 1 heterocycles. The second kappa shape index (κ2) is 3.49. The molecule has 2 N–H and O–H groups in total. The molecular formula is C9H7FN4O. The number of rotatable bonds is 2. The van der Waals surface area contributed by atoms with Crippen LogP contribution in [0.25, 0.3) is 5.69 Å². The number of primary amides is 1. The molecule has 0 radical (unpaired) electrons. The van der Waals surface area contributed by atoms with E-state index in [1.54, 1.807) is 12.1 Å². The van der Waals surface area contributed by atoms with Crippen LogP contribution in [0.3, 0.4) is 0 Å². The Morgan fingerprint density at radius 2 is 2.13 bits per heavy atom. The van der Waals surface area contributed by atoms with Gasteiger partial charge in [-0.05, 0) is 12.1 Å². The van der Waals surface area contributed by atoms with Gasteiger partial charge in [0.25, 0.3) is 5.91 Å². The van der Waals surface area contributed by atoms with Crippen molar-refractivity contribution in [1.29, 1.82) is 0 Å². The van der Waals surface area contributed by atoms with Gasteiger partial charge in [-0.1, -0.05) is 17.3 Å². The van der Waals surface area contributed by atoms with Crippen LogP contribution in [0.15, 0.2) is 30.5 Å². The molecule has 1 aromatic heterocycles. The highest BCUT2D eigenvalue weighted by Gasteiger charge is 2.09. The number of carbonyl (C=O) groups is 1. The molecule has 76 valence electrons. The third-order valence-electron chi connectivity index (χ3n) is 1.85. The third-order valence-corrected chi connectivity index (χ3v) is 1.85. The number of benzene rings is 1. The molecule has 1 amide bonds. The Morgan fingerprint density at radius 1 is 1.40 bits per heavy atom.